The zero-order valence-corrected chi connectivity index (χ0v) is 18.5. The summed E-state index contributed by atoms with van der Waals surface area (Å²) >= 11 is 3.07. The lowest BCUT2D eigenvalue weighted by Gasteiger charge is -2.35. The van der Waals surface area contributed by atoms with E-state index in [4.69, 9.17) is 0 Å². The maximum atomic E-state index is 13.1. The first-order chi connectivity index (χ1) is 14.6. The lowest BCUT2D eigenvalue weighted by molar-refractivity contribution is -0.131. The number of nitrogens with zero attached hydrogens (tertiary/aromatic N) is 3. The molecule has 1 amide bonds. The van der Waals surface area contributed by atoms with E-state index in [2.05, 4.69) is 23.4 Å². The summed E-state index contributed by atoms with van der Waals surface area (Å²) in [5, 5.41) is 12.4. The molecule has 158 valence electrons. The third-order valence-electron chi connectivity index (χ3n) is 5.49. The van der Waals surface area contributed by atoms with Crippen molar-refractivity contribution in [3.05, 3.63) is 56.5 Å². The average Bonchev–Trinajstić information content (AvgIpc) is 3.25. The fraction of sp³-hybridized carbons (Fsp3) is 0.409. The van der Waals surface area contributed by atoms with Gasteiger partial charge in [0.1, 0.15) is 0 Å². The Kier molecular flexibility index (Phi) is 6.55. The van der Waals surface area contributed by atoms with Crippen molar-refractivity contribution in [2.45, 2.75) is 43.9 Å². The molecule has 0 saturated heterocycles. The van der Waals surface area contributed by atoms with Gasteiger partial charge in [-0.1, -0.05) is 30.8 Å². The van der Waals surface area contributed by atoms with Gasteiger partial charge in [-0.05, 0) is 48.4 Å². The average molecular weight is 444 g/mol. The molecule has 3 heterocycles. The van der Waals surface area contributed by atoms with E-state index < -0.39 is 0 Å². The number of aromatic nitrogens is 2. The Balaban J connectivity index is 1.57. The maximum absolute atomic E-state index is 13.1. The molecule has 0 spiro atoms. The van der Waals surface area contributed by atoms with Crippen molar-refractivity contribution >= 4 is 39.9 Å². The number of rotatable bonds is 7. The van der Waals surface area contributed by atoms with Crippen molar-refractivity contribution < 1.29 is 9.90 Å². The first kappa shape index (κ1) is 21.1. The smallest absolute Gasteiger partial charge is 0.262 e. The first-order valence-electron chi connectivity index (χ1n) is 10.2. The van der Waals surface area contributed by atoms with Gasteiger partial charge in [-0.3, -0.25) is 14.2 Å². The van der Waals surface area contributed by atoms with Gasteiger partial charge < -0.3 is 10.0 Å². The molecule has 0 radical (unpaired) electrons. The Hall–Kier alpha value is -2.16. The maximum Gasteiger partial charge on any atom is 0.262 e. The number of para-hydroxylation sites is 1. The highest BCUT2D eigenvalue weighted by Crippen LogP contribution is 2.35. The van der Waals surface area contributed by atoms with Crippen molar-refractivity contribution in [1.82, 2.24) is 14.5 Å². The number of amides is 1. The van der Waals surface area contributed by atoms with Gasteiger partial charge in [-0.25, -0.2) is 4.98 Å². The minimum atomic E-state index is -0.128. The molecular weight excluding hydrogens is 418 g/mol. The van der Waals surface area contributed by atoms with Crippen LogP contribution >= 0.6 is 23.1 Å². The molecule has 0 bridgehead atoms. The zero-order valence-electron chi connectivity index (χ0n) is 16.9. The van der Waals surface area contributed by atoms with E-state index in [9.17, 15) is 14.7 Å². The molecule has 1 aliphatic heterocycles. The number of aliphatic hydroxyl groups is 1. The predicted molar refractivity (Wildman–Crippen MR) is 121 cm³/mol. The van der Waals surface area contributed by atoms with Crippen molar-refractivity contribution in [2.75, 3.05) is 18.9 Å². The SMILES string of the molecule is CCC1c2ccsc2CCN1C(=O)CSc1nc2ccccc2c(=O)n1CCCO. The van der Waals surface area contributed by atoms with Crippen LogP contribution in [0.1, 0.15) is 36.2 Å². The number of fused-ring (bicyclic) bond motifs is 2. The highest BCUT2D eigenvalue weighted by atomic mass is 32.2. The highest BCUT2D eigenvalue weighted by molar-refractivity contribution is 7.99. The number of benzene rings is 1. The summed E-state index contributed by atoms with van der Waals surface area (Å²) in [5.41, 5.74) is 1.78. The molecule has 0 aliphatic carbocycles. The fourth-order valence-electron chi connectivity index (χ4n) is 4.03. The lowest BCUT2D eigenvalue weighted by atomic mass is 9.98. The van der Waals surface area contributed by atoms with E-state index in [0.29, 0.717) is 29.0 Å². The Labute approximate surface area is 183 Å². The minimum Gasteiger partial charge on any atom is -0.396 e. The van der Waals surface area contributed by atoms with E-state index in [-0.39, 0.29) is 29.9 Å². The van der Waals surface area contributed by atoms with Gasteiger partial charge in [0.2, 0.25) is 5.91 Å². The Bertz CT molecular complexity index is 1110. The Morgan fingerprint density at radius 3 is 2.97 bits per heavy atom. The van der Waals surface area contributed by atoms with Crippen LogP contribution < -0.4 is 5.56 Å². The van der Waals surface area contributed by atoms with E-state index in [0.717, 1.165) is 19.4 Å². The van der Waals surface area contributed by atoms with Crippen molar-refractivity contribution in [3.8, 4) is 0 Å². The molecule has 1 N–H and O–H groups in total. The normalized spacial score (nSPS) is 16.1. The van der Waals surface area contributed by atoms with Crippen LogP contribution in [-0.4, -0.2) is 44.4 Å². The summed E-state index contributed by atoms with van der Waals surface area (Å²) in [5.74, 6) is 0.305. The summed E-state index contributed by atoms with van der Waals surface area (Å²) < 4.78 is 1.58. The Morgan fingerprint density at radius 1 is 1.33 bits per heavy atom. The lowest BCUT2D eigenvalue weighted by Crippen LogP contribution is -2.40. The molecule has 6 nitrogen and oxygen atoms in total. The molecule has 1 unspecified atom stereocenters. The number of thiophene rings is 1. The number of aliphatic hydroxyl groups excluding tert-OH is 1. The fourth-order valence-corrected chi connectivity index (χ4v) is 5.87. The molecule has 1 atom stereocenters. The highest BCUT2D eigenvalue weighted by Gasteiger charge is 2.30. The van der Waals surface area contributed by atoms with Gasteiger partial charge in [0.25, 0.3) is 5.56 Å². The first-order valence-corrected chi connectivity index (χ1v) is 12.1. The second kappa shape index (κ2) is 9.32. The van der Waals surface area contributed by atoms with Crippen LogP contribution in [-0.2, 0) is 17.8 Å². The van der Waals surface area contributed by atoms with Gasteiger partial charge >= 0.3 is 0 Å². The topological polar surface area (TPSA) is 75.4 Å². The van der Waals surface area contributed by atoms with Gasteiger partial charge in [0.15, 0.2) is 5.16 Å². The molecule has 3 aromatic rings. The summed E-state index contributed by atoms with van der Waals surface area (Å²) in [7, 11) is 0. The molecule has 1 aromatic carbocycles. The van der Waals surface area contributed by atoms with Crippen LogP contribution in [0.3, 0.4) is 0 Å². The number of hydrogen-bond acceptors (Lipinski definition) is 6. The molecule has 0 fully saturated rings. The molecule has 8 heteroatoms. The van der Waals surface area contributed by atoms with Crippen LogP contribution in [0.15, 0.2) is 45.7 Å². The Morgan fingerprint density at radius 2 is 2.17 bits per heavy atom. The van der Waals surface area contributed by atoms with Crippen LogP contribution in [0.4, 0.5) is 0 Å². The molecule has 2 aromatic heterocycles. The van der Waals surface area contributed by atoms with Crippen LogP contribution in [0.2, 0.25) is 0 Å². The number of thioether (sulfide) groups is 1. The van der Waals surface area contributed by atoms with Crippen molar-refractivity contribution in [3.63, 3.8) is 0 Å². The molecule has 4 rings (SSSR count). The molecule has 30 heavy (non-hydrogen) atoms. The van der Waals surface area contributed by atoms with E-state index in [1.807, 2.05) is 23.1 Å². The van der Waals surface area contributed by atoms with Gasteiger partial charge in [-0.2, -0.15) is 0 Å². The third-order valence-corrected chi connectivity index (χ3v) is 7.45. The van der Waals surface area contributed by atoms with Gasteiger partial charge in [-0.15, -0.1) is 11.3 Å². The summed E-state index contributed by atoms with van der Waals surface area (Å²) in [6.07, 6.45) is 2.25. The minimum absolute atomic E-state index is 0.00274. The van der Waals surface area contributed by atoms with Gasteiger partial charge in [0, 0.05) is 24.6 Å². The van der Waals surface area contributed by atoms with Crippen molar-refractivity contribution in [2.24, 2.45) is 0 Å². The summed E-state index contributed by atoms with van der Waals surface area (Å²) in [6.45, 7) is 3.22. The number of hydrogen-bond donors (Lipinski definition) is 1. The van der Waals surface area contributed by atoms with Crippen LogP contribution in [0, 0.1) is 0 Å². The number of carbonyl (C=O) groups excluding carboxylic acids is 1. The largest absolute Gasteiger partial charge is 0.396 e. The van der Waals surface area contributed by atoms with Gasteiger partial charge in [0.05, 0.1) is 22.7 Å². The summed E-state index contributed by atoms with van der Waals surface area (Å²) in [4.78, 5) is 34.0. The van der Waals surface area contributed by atoms with E-state index in [1.165, 1.54) is 22.2 Å². The molecule has 0 saturated carbocycles. The zero-order chi connectivity index (χ0) is 21.1. The van der Waals surface area contributed by atoms with Crippen molar-refractivity contribution in [1.29, 1.82) is 0 Å². The quantitative estimate of drug-likeness (QED) is 0.447. The second-order valence-electron chi connectivity index (χ2n) is 7.29. The monoisotopic (exact) mass is 443 g/mol. The van der Waals surface area contributed by atoms with E-state index in [1.54, 1.807) is 22.0 Å². The van der Waals surface area contributed by atoms with Crippen LogP contribution in [0.25, 0.3) is 10.9 Å². The molecule has 1 aliphatic rings. The van der Waals surface area contributed by atoms with E-state index >= 15 is 0 Å². The van der Waals surface area contributed by atoms with Crippen LogP contribution in [0.5, 0.6) is 0 Å². The summed E-state index contributed by atoms with van der Waals surface area (Å²) in [6, 6.07) is 9.50. The second-order valence-corrected chi connectivity index (χ2v) is 9.24. The number of carbonyl (C=O) groups is 1. The standard InChI is InChI=1S/C22H25N3O3S2/c1-2-18-16-9-13-29-19(16)8-11-24(18)20(27)14-30-22-23-17-7-4-3-6-15(17)21(28)25(22)10-5-12-26/h3-4,6-7,9,13,18,26H,2,5,8,10-12,14H2,1H3. The third kappa shape index (κ3) is 4.04. The molecular formula is C22H25N3O3S2. The predicted octanol–water partition coefficient (Wildman–Crippen LogP) is 3.47.